The summed E-state index contributed by atoms with van der Waals surface area (Å²) in [5.41, 5.74) is 3.02. The highest BCUT2D eigenvalue weighted by Crippen LogP contribution is 2.25. The van der Waals surface area contributed by atoms with Crippen molar-refractivity contribution in [3.05, 3.63) is 71.7 Å². The van der Waals surface area contributed by atoms with E-state index >= 15 is 0 Å². The fourth-order valence-corrected chi connectivity index (χ4v) is 2.22. The van der Waals surface area contributed by atoms with Crippen LogP contribution in [-0.4, -0.2) is 25.7 Å². The molecule has 0 spiro atoms. The molecule has 0 saturated heterocycles. The van der Waals surface area contributed by atoms with E-state index in [-0.39, 0.29) is 5.57 Å². The van der Waals surface area contributed by atoms with E-state index in [0.717, 1.165) is 11.2 Å². The molecule has 0 aliphatic rings. The van der Waals surface area contributed by atoms with Crippen molar-refractivity contribution in [3.63, 3.8) is 0 Å². The molecule has 0 aliphatic carbocycles. The van der Waals surface area contributed by atoms with Gasteiger partial charge in [0.05, 0.1) is 5.69 Å². The molecular weight excluding hydrogens is 266 g/mol. The molecule has 0 aliphatic heterocycles. The average molecular weight is 279 g/mol. The summed E-state index contributed by atoms with van der Waals surface area (Å²) >= 11 is 0. The molecule has 2 heterocycles. The van der Waals surface area contributed by atoms with E-state index in [1.54, 1.807) is 29.9 Å². The topological polar surface area (TPSA) is 67.5 Å². The zero-order chi connectivity index (χ0) is 14.8. The number of aliphatic carboxylic acids is 1. The third-order valence-electron chi connectivity index (χ3n) is 3.27. The molecule has 21 heavy (non-hydrogen) atoms. The first-order valence-electron chi connectivity index (χ1n) is 6.47. The molecular formula is C16H13N3O2. The van der Waals surface area contributed by atoms with Gasteiger partial charge in [-0.2, -0.15) is 5.10 Å². The third kappa shape index (κ3) is 2.41. The van der Waals surface area contributed by atoms with Crippen LogP contribution >= 0.6 is 0 Å². The number of nitrogens with zero attached hydrogens (tertiary/aromatic N) is 3. The maximum absolute atomic E-state index is 11.4. The van der Waals surface area contributed by atoms with Gasteiger partial charge in [-0.05, 0) is 24.6 Å². The summed E-state index contributed by atoms with van der Waals surface area (Å²) in [5, 5.41) is 13.8. The monoisotopic (exact) mass is 279 g/mol. The Hall–Kier alpha value is -2.95. The van der Waals surface area contributed by atoms with E-state index in [1.165, 1.54) is 0 Å². The minimum absolute atomic E-state index is 0.258. The minimum atomic E-state index is -0.957. The molecule has 1 N–H and O–H groups in total. The van der Waals surface area contributed by atoms with Crippen LogP contribution in [0.2, 0.25) is 0 Å². The Labute approximate surface area is 121 Å². The lowest BCUT2D eigenvalue weighted by Gasteiger charge is -2.10. The zero-order valence-corrected chi connectivity index (χ0v) is 11.4. The molecule has 3 aromatic rings. The summed E-state index contributed by atoms with van der Waals surface area (Å²) in [6.45, 7) is 1.59. The van der Waals surface area contributed by atoms with Crippen molar-refractivity contribution in [1.29, 1.82) is 0 Å². The van der Waals surface area contributed by atoms with Gasteiger partial charge in [0, 0.05) is 23.5 Å². The average Bonchev–Trinajstić information content (AvgIpc) is 2.96. The SMILES string of the molecule is C/C(C(=O)O)=C(\c1ccccc1)c1ccc2nccn2n1. The van der Waals surface area contributed by atoms with Gasteiger partial charge in [0.15, 0.2) is 5.65 Å². The molecule has 104 valence electrons. The van der Waals surface area contributed by atoms with Crippen LogP contribution in [-0.2, 0) is 4.79 Å². The first-order valence-corrected chi connectivity index (χ1v) is 6.47. The number of fused-ring (bicyclic) bond motifs is 1. The molecule has 0 unspecified atom stereocenters. The van der Waals surface area contributed by atoms with E-state index in [4.69, 9.17) is 0 Å². The number of carboxylic acids is 1. The van der Waals surface area contributed by atoms with Crippen LogP contribution in [0.25, 0.3) is 11.2 Å². The summed E-state index contributed by atoms with van der Waals surface area (Å²) in [6.07, 6.45) is 3.39. The Kier molecular flexibility index (Phi) is 3.23. The Balaban J connectivity index is 2.24. The van der Waals surface area contributed by atoms with Crippen LogP contribution in [0, 0.1) is 0 Å². The van der Waals surface area contributed by atoms with Crippen LogP contribution in [0.5, 0.6) is 0 Å². The number of carbonyl (C=O) groups is 1. The first-order chi connectivity index (χ1) is 10.2. The van der Waals surface area contributed by atoms with Gasteiger partial charge >= 0.3 is 5.97 Å². The van der Waals surface area contributed by atoms with Gasteiger partial charge in [0.2, 0.25) is 0 Å². The summed E-state index contributed by atoms with van der Waals surface area (Å²) < 4.78 is 1.63. The Morgan fingerprint density at radius 2 is 1.90 bits per heavy atom. The smallest absolute Gasteiger partial charge is 0.331 e. The highest BCUT2D eigenvalue weighted by atomic mass is 16.4. The van der Waals surface area contributed by atoms with Crippen LogP contribution in [0.3, 0.4) is 0 Å². The van der Waals surface area contributed by atoms with Gasteiger partial charge in [0.1, 0.15) is 0 Å². The fraction of sp³-hybridized carbons (Fsp3) is 0.0625. The Bertz CT molecular complexity index is 835. The van der Waals surface area contributed by atoms with Crippen LogP contribution < -0.4 is 0 Å². The first kappa shape index (κ1) is 13.1. The number of hydrogen-bond acceptors (Lipinski definition) is 3. The van der Waals surface area contributed by atoms with Gasteiger partial charge in [-0.1, -0.05) is 30.3 Å². The quantitative estimate of drug-likeness (QED) is 0.748. The second-order valence-corrected chi connectivity index (χ2v) is 4.62. The van der Waals surface area contributed by atoms with E-state index in [0.29, 0.717) is 11.3 Å². The van der Waals surface area contributed by atoms with Gasteiger partial charge < -0.3 is 5.11 Å². The number of benzene rings is 1. The highest BCUT2D eigenvalue weighted by molar-refractivity contribution is 5.99. The van der Waals surface area contributed by atoms with Crippen molar-refractivity contribution in [1.82, 2.24) is 14.6 Å². The largest absolute Gasteiger partial charge is 0.478 e. The van der Waals surface area contributed by atoms with Crippen molar-refractivity contribution in [2.75, 3.05) is 0 Å². The molecule has 5 nitrogen and oxygen atoms in total. The second kappa shape index (κ2) is 5.20. The highest BCUT2D eigenvalue weighted by Gasteiger charge is 2.15. The van der Waals surface area contributed by atoms with E-state index in [2.05, 4.69) is 10.1 Å². The summed E-state index contributed by atoms with van der Waals surface area (Å²) in [7, 11) is 0. The Morgan fingerprint density at radius 3 is 2.62 bits per heavy atom. The van der Waals surface area contributed by atoms with E-state index in [9.17, 15) is 9.90 Å². The molecule has 0 saturated carbocycles. The predicted molar refractivity (Wildman–Crippen MR) is 78.8 cm³/mol. The molecule has 1 aromatic carbocycles. The lowest BCUT2D eigenvalue weighted by Crippen LogP contribution is -2.05. The molecule has 0 fully saturated rings. The van der Waals surface area contributed by atoms with E-state index < -0.39 is 5.97 Å². The van der Waals surface area contributed by atoms with Crippen molar-refractivity contribution in [2.45, 2.75) is 6.92 Å². The predicted octanol–water partition coefficient (Wildman–Crippen LogP) is 2.64. The minimum Gasteiger partial charge on any atom is -0.478 e. The molecule has 0 bridgehead atoms. The molecule has 5 heteroatoms. The molecule has 3 rings (SSSR count). The normalized spacial score (nSPS) is 12.2. The second-order valence-electron chi connectivity index (χ2n) is 4.62. The van der Waals surface area contributed by atoms with Crippen molar-refractivity contribution in [3.8, 4) is 0 Å². The van der Waals surface area contributed by atoms with Gasteiger partial charge in [-0.25, -0.2) is 14.3 Å². The lowest BCUT2D eigenvalue weighted by atomic mass is 9.97. The summed E-state index contributed by atoms with van der Waals surface area (Å²) in [5.74, 6) is -0.957. The molecule has 0 radical (unpaired) electrons. The fourth-order valence-electron chi connectivity index (χ4n) is 2.22. The van der Waals surface area contributed by atoms with E-state index in [1.807, 2.05) is 36.4 Å². The lowest BCUT2D eigenvalue weighted by molar-refractivity contribution is -0.132. The van der Waals surface area contributed by atoms with Crippen molar-refractivity contribution >= 4 is 17.2 Å². The van der Waals surface area contributed by atoms with Crippen LogP contribution in [0.4, 0.5) is 0 Å². The number of hydrogen-bond donors (Lipinski definition) is 1. The zero-order valence-electron chi connectivity index (χ0n) is 11.4. The summed E-state index contributed by atoms with van der Waals surface area (Å²) in [4.78, 5) is 15.5. The third-order valence-corrected chi connectivity index (χ3v) is 3.27. The van der Waals surface area contributed by atoms with Crippen LogP contribution in [0.1, 0.15) is 18.2 Å². The molecule has 0 amide bonds. The number of imidazole rings is 1. The van der Waals surface area contributed by atoms with Crippen LogP contribution in [0.15, 0.2) is 60.4 Å². The van der Waals surface area contributed by atoms with Crippen molar-refractivity contribution < 1.29 is 9.90 Å². The number of carboxylic acid groups (broad SMARTS) is 1. The molecule has 0 atom stereocenters. The van der Waals surface area contributed by atoms with Crippen molar-refractivity contribution in [2.24, 2.45) is 0 Å². The van der Waals surface area contributed by atoms with Gasteiger partial charge in [0.25, 0.3) is 0 Å². The van der Waals surface area contributed by atoms with Gasteiger partial charge in [-0.15, -0.1) is 0 Å². The van der Waals surface area contributed by atoms with Gasteiger partial charge in [-0.3, -0.25) is 0 Å². The standard InChI is InChI=1S/C16H13N3O2/c1-11(16(20)21)15(12-5-3-2-4-6-12)13-7-8-14-17-9-10-19(14)18-13/h2-10H,1H3,(H,20,21)/b15-11-. The maximum atomic E-state index is 11.4. The number of aromatic nitrogens is 3. The molecule has 2 aromatic heterocycles. The number of rotatable bonds is 3. The Morgan fingerprint density at radius 1 is 1.14 bits per heavy atom. The maximum Gasteiger partial charge on any atom is 0.331 e. The summed E-state index contributed by atoms with van der Waals surface area (Å²) in [6, 6.07) is 13.0.